The molecule has 41 heteroatoms. The second-order valence-electron chi connectivity index (χ2n) is 16.5. The van der Waals surface area contributed by atoms with E-state index in [1.807, 2.05) is 0 Å². The Morgan fingerprint density at radius 1 is 0.784 bits per heavy atom. The summed E-state index contributed by atoms with van der Waals surface area (Å²) in [6.45, 7) is -1.67. The van der Waals surface area contributed by atoms with Gasteiger partial charge < -0.3 is 80.1 Å². The van der Waals surface area contributed by atoms with Gasteiger partial charge in [-0.15, -0.1) is 0 Å². The fourth-order valence-electron chi connectivity index (χ4n) is 8.44. The first-order valence-electron chi connectivity index (χ1n) is 21.3. The van der Waals surface area contributed by atoms with Crippen molar-refractivity contribution in [2.45, 2.75) is 80.9 Å². The quantitative estimate of drug-likeness (QED) is 0.0260. The number of anilines is 3. The number of aryl methyl sites for hydroxylation is 1. The third-order valence-electron chi connectivity index (χ3n) is 11.7. The fourth-order valence-corrected chi connectivity index (χ4v) is 12.9. The first-order valence-corrected chi connectivity index (χ1v) is 27.3. The summed E-state index contributed by atoms with van der Waals surface area (Å²) in [6.07, 6.45) is -14.4. The van der Waals surface area contributed by atoms with Crippen LogP contribution in [0.5, 0.6) is 0 Å². The Labute approximate surface area is 411 Å². The average molecular weight is 1130 g/mol. The van der Waals surface area contributed by atoms with Crippen LogP contribution in [-0.2, 0) is 71.0 Å². The number of rotatable bonds is 20. The van der Waals surface area contributed by atoms with Crippen LogP contribution in [0.25, 0.3) is 22.3 Å². The Kier molecular flexibility index (Phi) is 15.7. The number of ether oxygens (including phenoxy) is 4. The van der Waals surface area contributed by atoms with Crippen molar-refractivity contribution in [2.24, 2.45) is 13.0 Å². The normalized spacial score (nSPS) is 30.6. The molecule has 16 atom stereocenters. The lowest BCUT2D eigenvalue weighted by Gasteiger charge is -2.31. The molecule has 5 aromatic heterocycles. The number of nitrogen functional groups attached to an aromatic ring is 3. The first-order chi connectivity index (χ1) is 34.6. The van der Waals surface area contributed by atoms with E-state index in [2.05, 4.69) is 38.5 Å². The van der Waals surface area contributed by atoms with Crippen LogP contribution in [0, 0.1) is 5.92 Å². The first kappa shape index (κ1) is 55.5. The Morgan fingerprint density at radius 2 is 1.41 bits per heavy atom. The molecule has 3 fully saturated rings. The van der Waals surface area contributed by atoms with Gasteiger partial charge >= 0.3 is 34.8 Å². The molecule has 5 aromatic rings. The van der Waals surface area contributed by atoms with Crippen molar-refractivity contribution in [1.29, 1.82) is 0 Å². The van der Waals surface area contributed by atoms with Gasteiger partial charge in [-0.05, 0) is 12.5 Å². The standard InChI is InChI=1S/C33H47N13O24P4/c1-4-12-13(65-28(19(12)47)46-11-43(2)18-25(46)40-32(36)42-27(18)51)7-63-72(55,56)69-74(59,60)70-73(57,58)64-9-15-22(23(61-3)30(67-15)44-6-5-16(34)38-33(44)52)68-71(53,54)62-8-14-20(48)21(49)29(66-14)45-10-37-17-24(45)39-31(35)41-26(17)50/h5-6,10-15,19-23,28-30,47-49H,4,7-9H2,1-3H3,(H11-,34,35,36,38,39,40,41,42,50,51,52,53,54,55,56,57,58,59,60)/t12-,13-,14-,15-,19-,20-,21-,22-,23-,28-,29-,30-/m1/s1. The van der Waals surface area contributed by atoms with Gasteiger partial charge in [0.15, 0.2) is 29.9 Å². The van der Waals surface area contributed by atoms with Crippen molar-refractivity contribution in [3.63, 3.8) is 0 Å². The SMILES string of the molecule is CC[C@H]1[C@@H](O)[C@H]([n+]2cn(C)c3c(=O)[nH]c(N)nc32)O[C@@H]1COP(=O)(O)OP(=O)(O)OP(=O)(O)OC[C@H]1O[C@@H](n2ccc(N)nc2=O)[C@H](OC)[C@@H]1OP(=O)([O-])OC[C@H]1O[C@@H](n2cnc3c(=O)[nH]c(N)nc32)[C@H](O)[C@@H]1O. The minimum Gasteiger partial charge on any atom is -0.756 e. The summed E-state index contributed by atoms with van der Waals surface area (Å²) in [5.74, 6) is -1.68. The molecule has 8 heterocycles. The van der Waals surface area contributed by atoms with Gasteiger partial charge in [0.2, 0.25) is 17.7 Å². The summed E-state index contributed by atoms with van der Waals surface area (Å²) in [6, 6.07) is 1.13. The number of nitrogens with two attached hydrogens (primary N) is 3. The molecule has 0 saturated carbocycles. The highest BCUT2D eigenvalue weighted by atomic mass is 31.3. The number of hydrogen-bond donors (Lipinski definition) is 11. The molecule has 8 rings (SSSR count). The summed E-state index contributed by atoms with van der Waals surface area (Å²) >= 11 is 0. The van der Waals surface area contributed by atoms with Crippen molar-refractivity contribution < 1.29 is 103 Å². The number of phosphoric ester groups is 3. The molecule has 0 spiro atoms. The highest BCUT2D eigenvalue weighted by Gasteiger charge is 2.53. The van der Waals surface area contributed by atoms with Gasteiger partial charge in [0.05, 0.1) is 39.3 Å². The van der Waals surface area contributed by atoms with Gasteiger partial charge in [-0.2, -0.15) is 18.6 Å². The predicted octanol–water partition coefficient (Wildman–Crippen LogP) is -4.26. The molecule has 3 saturated heterocycles. The molecule has 74 heavy (non-hydrogen) atoms. The van der Waals surface area contributed by atoms with Crippen molar-refractivity contribution in [2.75, 3.05) is 44.1 Å². The number of aliphatic hydroxyl groups is 3. The molecule has 37 nitrogen and oxygen atoms in total. The third-order valence-corrected chi connectivity index (χ3v) is 16.9. The number of methoxy groups -OCH3 is 1. The Balaban J connectivity index is 0.921. The lowest BCUT2D eigenvalue weighted by Crippen LogP contribution is -2.45. The molecule has 0 aromatic carbocycles. The molecule has 0 aliphatic carbocycles. The fraction of sp³-hybridized carbons (Fsp3) is 0.576. The van der Waals surface area contributed by atoms with E-state index in [4.69, 9.17) is 54.2 Å². The zero-order valence-corrected chi connectivity index (χ0v) is 41.8. The average Bonchev–Trinajstić information content (AvgIpc) is 4.09. The number of aromatic amines is 2. The zero-order chi connectivity index (χ0) is 54.0. The number of phosphoric acid groups is 4. The monoisotopic (exact) mass is 1130 g/mol. The van der Waals surface area contributed by atoms with Gasteiger partial charge in [0, 0.05) is 19.2 Å². The highest BCUT2D eigenvalue weighted by molar-refractivity contribution is 7.66. The third kappa shape index (κ3) is 11.5. The molecule has 3 aliphatic rings. The molecule has 0 bridgehead atoms. The number of H-pyrrole nitrogens is 2. The zero-order valence-electron chi connectivity index (χ0n) is 38.2. The molecule has 0 radical (unpaired) electrons. The maximum atomic E-state index is 13.5. The Morgan fingerprint density at radius 3 is 2.05 bits per heavy atom. The van der Waals surface area contributed by atoms with Crippen LogP contribution in [-0.4, -0.2) is 149 Å². The van der Waals surface area contributed by atoms with Gasteiger partial charge in [-0.1, -0.05) is 11.9 Å². The number of imidazole rings is 2. The van der Waals surface area contributed by atoms with E-state index in [9.17, 15) is 67.5 Å². The maximum absolute atomic E-state index is 13.5. The van der Waals surface area contributed by atoms with Crippen LogP contribution in [0.3, 0.4) is 0 Å². The van der Waals surface area contributed by atoms with Crippen LogP contribution >= 0.6 is 31.3 Å². The van der Waals surface area contributed by atoms with Crippen molar-refractivity contribution >= 4 is 71.3 Å². The van der Waals surface area contributed by atoms with Crippen LogP contribution < -0.4 is 43.5 Å². The smallest absolute Gasteiger partial charge is 0.490 e. The number of hydrogen-bond acceptors (Lipinski definition) is 28. The lowest BCUT2D eigenvalue weighted by molar-refractivity contribution is -0.745. The van der Waals surface area contributed by atoms with Crippen LogP contribution in [0.2, 0.25) is 0 Å². The number of aliphatic hydroxyl groups excluding tert-OH is 3. The van der Waals surface area contributed by atoms with Gasteiger partial charge in [-0.25, -0.2) is 28.0 Å². The molecule has 408 valence electrons. The maximum Gasteiger partial charge on any atom is 0.490 e. The van der Waals surface area contributed by atoms with E-state index < -0.39 is 141 Å². The molecule has 0 amide bonds. The minimum atomic E-state index is -6.17. The topological polar surface area (TPSA) is 536 Å². The van der Waals surface area contributed by atoms with Crippen LogP contribution in [0.15, 0.2) is 39.3 Å². The van der Waals surface area contributed by atoms with Crippen LogP contribution in [0.4, 0.5) is 17.7 Å². The molecule has 3 aliphatic heterocycles. The number of nitrogens with zero attached hydrogens (tertiary/aromatic N) is 8. The van der Waals surface area contributed by atoms with Gasteiger partial charge in [0.25, 0.3) is 24.9 Å². The van der Waals surface area contributed by atoms with Crippen molar-refractivity contribution in [3.05, 3.63) is 56.1 Å². The minimum absolute atomic E-state index is 0.00582. The second-order valence-corrected chi connectivity index (χ2v) is 22.5. The highest BCUT2D eigenvalue weighted by Crippen LogP contribution is 2.68. The van der Waals surface area contributed by atoms with E-state index in [0.717, 1.165) is 34.8 Å². The number of aromatic nitrogens is 10. The number of nitrogens with one attached hydrogen (secondary N) is 2. The summed E-state index contributed by atoms with van der Waals surface area (Å²) in [4.78, 5) is 103. The van der Waals surface area contributed by atoms with Crippen molar-refractivity contribution in [1.82, 2.24) is 43.6 Å². The molecular weight excluding hydrogens is 1090 g/mol. The van der Waals surface area contributed by atoms with E-state index in [1.165, 1.54) is 22.5 Å². The molecule has 14 N–H and O–H groups in total. The Hall–Kier alpha value is -4.78. The van der Waals surface area contributed by atoms with Crippen LogP contribution in [0.1, 0.15) is 32.0 Å². The summed E-state index contributed by atoms with van der Waals surface area (Å²) in [5.41, 5.74) is 14.2. The summed E-state index contributed by atoms with van der Waals surface area (Å²) in [7, 11) is -21.1. The van der Waals surface area contributed by atoms with Gasteiger partial charge in [-0.3, -0.25) is 46.9 Å². The van der Waals surface area contributed by atoms with Crippen molar-refractivity contribution in [3.8, 4) is 0 Å². The summed E-state index contributed by atoms with van der Waals surface area (Å²) in [5, 5.41) is 32.8. The second kappa shape index (κ2) is 21.0. The predicted molar refractivity (Wildman–Crippen MR) is 238 cm³/mol. The molecular formula is C33H47N13O24P4. The number of fused-ring (bicyclic) bond motifs is 2. The lowest BCUT2D eigenvalue weighted by atomic mass is 9.95. The van der Waals surface area contributed by atoms with E-state index in [-0.39, 0.29) is 46.5 Å². The van der Waals surface area contributed by atoms with E-state index in [1.54, 1.807) is 6.92 Å². The molecule has 4 unspecified atom stereocenters. The van der Waals surface area contributed by atoms with E-state index in [0.29, 0.717) is 0 Å². The summed E-state index contributed by atoms with van der Waals surface area (Å²) < 4.78 is 108. The van der Waals surface area contributed by atoms with Gasteiger partial charge in [0.1, 0.15) is 48.5 Å². The van der Waals surface area contributed by atoms with E-state index >= 15 is 0 Å². The Bertz CT molecular complexity index is 3300. The largest absolute Gasteiger partial charge is 0.756 e.